The molecule has 1 aromatic heterocycles. The van der Waals surface area contributed by atoms with Crippen molar-refractivity contribution in [3.63, 3.8) is 0 Å². The number of carbonyl (C=O) groups excluding carboxylic acids is 2. The van der Waals surface area contributed by atoms with E-state index in [0.29, 0.717) is 41.6 Å². The van der Waals surface area contributed by atoms with Gasteiger partial charge in [0.15, 0.2) is 0 Å². The predicted octanol–water partition coefficient (Wildman–Crippen LogP) is 6.25. The lowest BCUT2D eigenvalue weighted by Crippen LogP contribution is -2.44. The third-order valence-electron chi connectivity index (χ3n) is 6.27. The van der Waals surface area contributed by atoms with Gasteiger partial charge in [-0.05, 0) is 80.3 Å². The second-order valence-electron chi connectivity index (χ2n) is 8.90. The Morgan fingerprint density at radius 3 is 2.44 bits per heavy atom. The molecule has 0 saturated carbocycles. The Labute approximate surface area is 219 Å². The molecule has 3 amide bonds. The molecule has 184 valence electrons. The van der Waals surface area contributed by atoms with Crippen molar-refractivity contribution in [2.75, 3.05) is 18.1 Å². The van der Waals surface area contributed by atoms with Crippen LogP contribution in [0, 0.1) is 18.3 Å². The summed E-state index contributed by atoms with van der Waals surface area (Å²) in [5.41, 5.74) is 2.08. The van der Waals surface area contributed by atoms with E-state index in [2.05, 4.69) is 4.98 Å². The van der Waals surface area contributed by atoms with Crippen LogP contribution in [0.3, 0.4) is 0 Å². The minimum absolute atomic E-state index is 0.229. The first-order valence-electron chi connectivity index (χ1n) is 11.3. The van der Waals surface area contributed by atoms with Crippen molar-refractivity contribution in [3.8, 4) is 22.9 Å². The topological polar surface area (TPSA) is 86.5 Å². The van der Waals surface area contributed by atoms with E-state index in [0.717, 1.165) is 16.0 Å². The number of amides is 3. The zero-order valence-electron chi connectivity index (χ0n) is 20.1. The normalized spacial score (nSPS) is 14.8. The number of nitrogens with zero attached hydrogens (tertiary/aromatic N) is 4. The third-order valence-corrected chi connectivity index (χ3v) is 7.05. The van der Waals surface area contributed by atoms with Crippen molar-refractivity contribution in [2.24, 2.45) is 0 Å². The Kier molecular flexibility index (Phi) is 7.21. The molecule has 0 radical (unpaired) electrons. The van der Waals surface area contributed by atoms with Crippen LogP contribution in [0.2, 0.25) is 10.0 Å². The minimum atomic E-state index is -1.05. The molecule has 2 heterocycles. The second-order valence-corrected chi connectivity index (χ2v) is 9.69. The van der Waals surface area contributed by atoms with Gasteiger partial charge in [0, 0.05) is 18.9 Å². The van der Waals surface area contributed by atoms with E-state index < -0.39 is 11.6 Å². The molecule has 0 aliphatic carbocycles. The summed E-state index contributed by atoms with van der Waals surface area (Å²) in [6.45, 7) is 5.73. The van der Waals surface area contributed by atoms with Gasteiger partial charge in [-0.15, -0.1) is 0 Å². The molecular weight excluding hydrogens is 499 g/mol. The molecule has 7 nitrogen and oxygen atoms in total. The van der Waals surface area contributed by atoms with Crippen LogP contribution < -0.4 is 9.64 Å². The number of hydrogen-bond donors (Lipinski definition) is 0. The first kappa shape index (κ1) is 25.5. The quantitative estimate of drug-likeness (QED) is 0.270. The highest BCUT2D eigenvalue weighted by Gasteiger charge is 2.51. The van der Waals surface area contributed by atoms with Gasteiger partial charge in [0.1, 0.15) is 17.4 Å². The SMILES string of the molecule is Cc1c(N2C(=O)N(CCCOc3ccc(-c4ccncc4)cc3Cl)C(C)(C)C2=O)ccc(C#N)c1Cl. The van der Waals surface area contributed by atoms with Gasteiger partial charge in [0.2, 0.25) is 0 Å². The van der Waals surface area contributed by atoms with Crippen LogP contribution in [0.4, 0.5) is 10.5 Å². The molecular formula is C27H24Cl2N4O3. The lowest BCUT2D eigenvalue weighted by Gasteiger charge is -2.27. The number of pyridine rings is 1. The Bertz CT molecular complexity index is 1370. The monoisotopic (exact) mass is 522 g/mol. The van der Waals surface area contributed by atoms with Crippen LogP contribution in [0.5, 0.6) is 5.75 Å². The van der Waals surface area contributed by atoms with Crippen molar-refractivity contribution in [1.29, 1.82) is 5.26 Å². The fraction of sp³-hybridized carbons (Fsp3) is 0.259. The van der Waals surface area contributed by atoms with Gasteiger partial charge in [-0.25, -0.2) is 9.69 Å². The van der Waals surface area contributed by atoms with Crippen molar-refractivity contribution < 1.29 is 14.3 Å². The summed E-state index contributed by atoms with van der Waals surface area (Å²) in [6, 6.07) is 14.0. The summed E-state index contributed by atoms with van der Waals surface area (Å²) in [6.07, 6.45) is 3.93. The molecule has 0 N–H and O–H groups in total. The maximum absolute atomic E-state index is 13.3. The average Bonchev–Trinajstić information content (AvgIpc) is 3.03. The first-order chi connectivity index (χ1) is 17.2. The van der Waals surface area contributed by atoms with Crippen molar-refractivity contribution in [1.82, 2.24) is 9.88 Å². The van der Waals surface area contributed by atoms with E-state index in [9.17, 15) is 14.9 Å². The van der Waals surface area contributed by atoms with Gasteiger partial charge < -0.3 is 9.64 Å². The standard InChI is InChI=1S/C27H24Cl2N4O3/c1-17-22(7-5-20(16-30)24(17)29)33-25(34)27(2,3)32(26(33)35)13-4-14-36-23-8-6-19(15-21(23)28)18-9-11-31-12-10-18/h5-12,15H,4,13-14H2,1-3H3. The highest BCUT2D eigenvalue weighted by Crippen LogP contribution is 2.37. The summed E-state index contributed by atoms with van der Waals surface area (Å²) < 4.78 is 5.86. The minimum Gasteiger partial charge on any atom is -0.492 e. The third kappa shape index (κ3) is 4.62. The molecule has 0 bridgehead atoms. The van der Waals surface area contributed by atoms with Gasteiger partial charge >= 0.3 is 6.03 Å². The molecule has 9 heteroatoms. The molecule has 3 aromatic rings. The van der Waals surface area contributed by atoms with Gasteiger partial charge in [-0.1, -0.05) is 29.3 Å². The van der Waals surface area contributed by atoms with E-state index in [1.54, 1.807) is 39.2 Å². The number of imide groups is 1. The summed E-state index contributed by atoms with van der Waals surface area (Å²) in [5.74, 6) is 0.189. The van der Waals surface area contributed by atoms with E-state index in [1.807, 2.05) is 36.4 Å². The van der Waals surface area contributed by atoms with E-state index in [4.69, 9.17) is 27.9 Å². The van der Waals surface area contributed by atoms with Gasteiger partial charge in [-0.3, -0.25) is 9.78 Å². The molecule has 36 heavy (non-hydrogen) atoms. The van der Waals surface area contributed by atoms with Gasteiger partial charge in [-0.2, -0.15) is 5.26 Å². The number of rotatable bonds is 7. The van der Waals surface area contributed by atoms with Crippen molar-refractivity contribution >= 4 is 40.8 Å². The van der Waals surface area contributed by atoms with Gasteiger partial charge in [0.05, 0.1) is 27.9 Å². The van der Waals surface area contributed by atoms with Crippen LogP contribution >= 0.6 is 23.2 Å². The molecule has 2 aromatic carbocycles. The van der Waals surface area contributed by atoms with Crippen LogP contribution in [-0.4, -0.2) is 40.5 Å². The van der Waals surface area contributed by atoms with Crippen LogP contribution in [0.25, 0.3) is 11.1 Å². The molecule has 1 fully saturated rings. The summed E-state index contributed by atoms with van der Waals surface area (Å²) in [7, 11) is 0. The number of halogens is 2. The molecule has 0 atom stereocenters. The Morgan fingerprint density at radius 2 is 1.78 bits per heavy atom. The number of ether oxygens (including phenoxy) is 1. The summed E-state index contributed by atoms with van der Waals surface area (Å²) in [5, 5.41) is 9.91. The van der Waals surface area contributed by atoms with E-state index in [1.165, 1.54) is 11.0 Å². The highest BCUT2D eigenvalue weighted by molar-refractivity contribution is 6.33. The number of aromatic nitrogens is 1. The van der Waals surface area contributed by atoms with Crippen LogP contribution in [-0.2, 0) is 4.79 Å². The lowest BCUT2D eigenvalue weighted by molar-refractivity contribution is -0.123. The number of anilines is 1. The predicted molar refractivity (Wildman–Crippen MR) is 139 cm³/mol. The maximum Gasteiger partial charge on any atom is 0.332 e. The highest BCUT2D eigenvalue weighted by atomic mass is 35.5. The number of benzene rings is 2. The first-order valence-corrected chi connectivity index (χ1v) is 12.1. The molecule has 1 aliphatic rings. The van der Waals surface area contributed by atoms with E-state index >= 15 is 0 Å². The Morgan fingerprint density at radius 1 is 1.06 bits per heavy atom. The van der Waals surface area contributed by atoms with Crippen molar-refractivity contribution in [2.45, 2.75) is 32.7 Å². The fourth-order valence-corrected chi connectivity index (χ4v) is 4.61. The zero-order chi connectivity index (χ0) is 26.0. The smallest absolute Gasteiger partial charge is 0.332 e. The number of nitriles is 1. The zero-order valence-corrected chi connectivity index (χ0v) is 21.6. The largest absolute Gasteiger partial charge is 0.492 e. The Hall–Kier alpha value is -3.60. The number of urea groups is 1. The lowest BCUT2D eigenvalue weighted by atomic mass is 10.0. The van der Waals surface area contributed by atoms with Crippen LogP contribution in [0.1, 0.15) is 31.4 Å². The summed E-state index contributed by atoms with van der Waals surface area (Å²) in [4.78, 5) is 33.2. The molecule has 4 rings (SSSR count). The molecule has 0 unspecified atom stereocenters. The fourth-order valence-electron chi connectivity index (χ4n) is 4.17. The second kappa shape index (κ2) is 10.2. The maximum atomic E-state index is 13.3. The van der Waals surface area contributed by atoms with Crippen LogP contribution in [0.15, 0.2) is 54.9 Å². The van der Waals surface area contributed by atoms with Crippen molar-refractivity contribution in [3.05, 3.63) is 76.0 Å². The number of hydrogen-bond acceptors (Lipinski definition) is 5. The summed E-state index contributed by atoms with van der Waals surface area (Å²) >= 11 is 12.7. The Balaban J connectivity index is 1.42. The van der Waals surface area contributed by atoms with E-state index in [-0.39, 0.29) is 16.5 Å². The molecule has 0 spiro atoms. The number of carbonyl (C=O) groups is 2. The average molecular weight is 523 g/mol. The molecule has 1 saturated heterocycles. The van der Waals surface area contributed by atoms with Gasteiger partial charge in [0.25, 0.3) is 5.91 Å². The molecule has 1 aliphatic heterocycles.